The first-order valence-electron chi connectivity index (χ1n) is 6.68. The predicted octanol–water partition coefficient (Wildman–Crippen LogP) is 1.17. The van der Waals surface area contributed by atoms with E-state index in [-0.39, 0.29) is 30.3 Å². The Hall–Kier alpha value is -1.82. The lowest BCUT2D eigenvalue weighted by molar-refractivity contribution is -0.143. The van der Waals surface area contributed by atoms with Gasteiger partial charge in [0, 0.05) is 24.4 Å². The van der Waals surface area contributed by atoms with Crippen molar-refractivity contribution in [3.8, 4) is 0 Å². The molecule has 1 aliphatic carbocycles. The highest BCUT2D eigenvalue weighted by Crippen LogP contribution is 2.39. The number of carbonyl (C=O) groups is 2. The Morgan fingerprint density at radius 1 is 1.35 bits per heavy atom. The molecule has 2 atom stereocenters. The standard InChI is InChI=1S/C14H20N2O4/c1-19-11(17)6-3-8-7-16-13-10(15)5-4-9(12(8)13)14(18)20-2/h7,9-10,16H,3-6,15H2,1-2H3/t9-,10+/m1/s1. The van der Waals surface area contributed by atoms with Crippen LogP contribution in [0, 0.1) is 0 Å². The Morgan fingerprint density at radius 3 is 2.75 bits per heavy atom. The molecule has 1 aromatic rings. The van der Waals surface area contributed by atoms with Crippen LogP contribution in [0.2, 0.25) is 0 Å². The molecule has 0 saturated carbocycles. The van der Waals surface area contributed by atoms with E-state index in [1.807, 2.05) is 6.20 Å². The van der Waals surface area contributed by atoms with E-state index < -0.39 is 0 Å². The van der Waals surface area contributed by atoms with Crippen molar-refractivity contribution in [3.63, 3.8) is 0 Å². The Balaban J connectivity index is 2.27. The topological polar surface area (TPSA) is 94.4 Å². The molecule has 0 bridgehead atoms. The van der Waals surface area contributed by atoms with Crippen LogP contribution in [0.4, 0.5) is 0 Å². The summed E-state index contributed by atoms with van der Waals surface area (Å²) in [7, 11) is 2.75. The minimum Gasteiger partial charge on any atom is -0.469 e. The number of aromatic amines is 1. The molecule has 0 radical (unpaired) electrons. The minimum absolute atomic E-state index is 0.0993. The fourth-order valence-corrected chi connectivity index (χ4v) is 2.77. The lowest BCUT2D eigenvalue weighted by Gasteiger charge is -2.26. The average molecular weight is 280 g/mol. The third-order valence-corrected chi connectivity index (χ3v) is 3.84. The number of aromatic nitrogens is 1. The molecule has 0 aromatic carbocycles. The van der Waals surface area contributed by atoms with Crippen molar-refractivity contribution in [1.82, 2.24) is 4.98 Å². The normalized spacial score (nSPS) is 21.1. The van der Waals surface area contributed by atoms with Crippen molar-refractivity contribution >= 4 is 11.9 Å². The molecule has 0 unspecified atom stereocenters. The van der Waals surface area contributed by atoms with Gasteiger partial charge in [-0.05, 0) is 30.4 Å². The van der Waals surface area contributed by atoms with E-state index in [4.69, 9.17) is 10.5 Å². The summed E-state index contributed by atoms with van der Waals surface area (Å²) in [6.45, 7) is 0. The van der Waals surface area contributed by atoms with Gasteiger partial charge in [0.15, 0.2) is 0 Å². The van der Waals surface area contributed by atoms with Crippen LogP contribution in [0.1, 0.15) is 48.0 Å². The molecule has 0 fully saturated rings. The second-order valence-corrected chi connectivity index (χ2v) is 4.98. The van der Waals surface area contributed by atoms with Crippen LogP contribution in [-0.2, 0) is 25.5 Å². The van der Waals surface area contributed by atoms with E-state index in [0.29, 0.717) is 12.8 Å². The molecule has 6 nitrogen and oxygen atoms in total. The maximum Gasteiger partial charge on any atom is 0.313 e. The summed E-state index contributed by atoms with van der Waals surface area (Å²) >= 11 is 0. The van der Waals surface area contributed by atoms with Gasteiger partial charge in [0.1, 0.15) is 0 Å². The number of H-pyrrole nitrogens is 1. The zero-order chi connectivity index (χ0) is 14.7. The molecule has 1 heterocycles. The maximum absolute atomic E-state index is 11.9. The van der Waals surface area contributed by atoms with E-state index in [1.54, 1.807) is 0 Å². The number of hydrogen-bond donors (Lipinski definition) is 2. The number of fused-ring (bicyclic) bond motifs is 1. The highest BCUT2D eigenvalue weighted by Gasteiger charge is 2.34. The third kappa shape index (κ3) is 2.70. The maximum atomic E-state index is 11.9. The Kier molecular flexibility index (Phi) is 4.44. The van der Waals surface area contributed by atoms with Gasteiger partial charge in [-0.25, -0.2) is 0 Å². The van der Waals surface area contributed by atoms with Crippen LogP contribution in [0.25, 0.3) is 0 Å². The number of methoxy groups -OCH3 is 2. The number of ether oxygens (including phenoxy) is 2. The monoisotopic (exact) mass is 280 g/mol. The first-order valence-corrected chi connectivity index (χ1v) is 6.68. The molecule has 0 amide bonds. The first kappa shape index (κ1) is 14.6. The quantitative estimate of drug-likeness (QED) is 0.807. The number of rotatable bonds is 4. The SMILES string of the molecule is COC(=O)CCc1c[nH]c2c1[C@H](C(=O)OC)CC[C@@H]2N. The van der Waals surface area contributed by atoms with Crippen molar-refractivity contribution in [3.05, 3.63) is 23.0 Å². The van der Waals surface area contributed by atoms with Crippen LogP contribution in [0.3, 0.4) is 0 Å². The molecule has 2 rings (SSSR count). The molecule has 1 aliphatic rings. The van der Waals surface area contributed by atoms with E-state index in [2.05, 4.69) is 9.72 Å². The number of carbonyl (C=O) groups excluding carboxylic acids is 2. The Morgan fingerprint density at radius 2 is 2.10 bits per heavy atom. The molecule has 0 spiro atoms. The highest BCUT2D eigenvalue weighted by atomic mass is 16.5. The molecule has 0 aliphatic heterocycles. The molecule has 110 valence electrons. The molecular weight excluding hydrogens is 260 g/mol. The van der Waals surface area contributed by atoms with Gasteiger partial charge < -0.3 is 20.2 Å². The van der Waals surface area contributed by atoms with Crippen LogP contribution in [-0.4, -0.2) is 31.1 Å². The number of nitrogens with one attached hydrogen (secondary N) is 1. The van der Waals surface area contributed by atoms with Gasteiger partial charge in [0.25, 0.3) is 0 Å². The zero-order valence-corrected chi connectivity index (χ0v) is 11.8. The molecule has 6 heteroatoms. The van der Waals surface area contributed by atoms with Crippen molar-refractivity contribution < 1.29 is 19.1 Å². The second kappa shape index (κ2) is 6.09. The highest BCUT2D eigenvalue weighted by molar-refractivity contribution is 5.79. The van der Waals surface area contributed by atoms with Gasteiger partial charge in [0.05, 0.1) is 20.1 Å². The summed E-state index contributed by atoms with van der Waals surface area (Å²) in [5.74, 6) is -0.819. The lowest BCUT2D eigenvalue weighted by atomic mass is 9.82. The number of esters is 2. The number of nitrogens with two attached hydrogens (primary N) is 1. The predicted molar refractivity (Wildman–Crippen MR) is 72.0 cm³/mol. The Bertz CT molecular complexity index is 509. The summed E-state index contributed by atoms with van der Waals surface area (Å²) in [6, 6.07) is -0.0993. The lowest BCUT2D eigenvalue weighted by Crippen LogP contribution is -2.26. The van der Waals surface area contributed by atoms with Crippen molar-refractivity contribution in [2.45, 2.75) is 37.6 Å². The van der Waals surface area contributed by atoms with E-state index in [9.17, 15) is 9.59 Å². The summed E-state index contributed by atoms with van der Waals surface area (Å²) < 4.78 is 9.51. The van der Waals surface area contributed by atoms with Gasteiger partial charge >= 0.3 is 11.9 Å². The van der Waals surface area contributed by atoms with Gasteiger partial charge in [-0.1, -0.05) is 0 Å². The fourth-order valence-electron chi connectivity index (χ4n) is 2.77. The number of hydrogen-bond acceptors (Lipinski definition) is 5. The first-order chi connectivity index (χ1) is 9.58. The summed E-state index contributed by atoms with van der Waals surface area (Å²) in [6.07, 6.45) is 4.05. The molecule has 1 aromatic heterocycles. The van der Waals surface area contributed by atoms with Crippen LogP contribution >= 0.6 is 0 Å². The van der Waals surface area contributed by atoms with Crippen LogP contribution in [0.5, 0.6) is 0 Å². The summed E-state index contributed by atoms with van der Waals surface area (Å²) in [4.78, 5) is 26.3. The van der Waals surface area contributed by atoms with E-state index in [0.717, 1.165) is 23.2 Å². The summed E-state index contributed by atoms with van der Waals surface area (Å²) in [5.41, 5.74) is 8.79. The second-order valence-electron chi connectivity index (χ2n) is 4.98. The van der Waals surface area contributed by atoms with Gasteiger partial charge in [-0.3, -0.25) is 9.59 Å². The minimum atomic E-state index is -0.298. The molecular formula is C14H20N2O4. The van der Waals surface area contributed by atoms with Crippen molar-refractivity contribution in [2.24, 2.45) is 5.73 Å². The fraction of sp³-hybridized carbons (Fsp3) is 0.571. The number of aryl methyl sites for hydroxylation is 1. The average Bonchev–Trinajstić information content (AvgIpc) is 2.89. The van der Waals surface area contributed by atoms with Crippen molar-refractivity contribution in [2.75, 3.05) is 14.2 Å². The smallest absolute Gasteiger partial charge is 0.313 e. The molecule has 3 N–H and O–H groups in total. The van der Waals surface area contributed by atoms with E-state index in [1.165, 1.54) is 14.2 Å². The van der Waals surface area contributed by atoms with Gasteiger partial charge in [-0.15, -0.1) is 0 Å². The molecule has 0 saturated heterocycles. The largest absolute Gasteiger partial charge is 0.469 e. The van der Waals surface area contributed by atoms with Gasteiger partial charge in [0.2, 0.25) is 0 Å². The van der Waals surface area contributed by atoms with Crippen LogP contribution in [0.15, 0.2) is 6.20 Å². The van der Waals surface area contributed by atoms with E-state index >= 15 is 0 Å². The van der Waals surface area contributed by atoms with Crippen molar-refractivity contribution in [1.29, 1.82) is 0 Å². The zero-order valence-electron chi connectivity index (χ0n) is 11.8. The Labute approximate surface area is 117 Å². The molecule has 20 heavy (non-hydrogen) atoms. The third-order valence-electron chi connectivity index (χ3n) is 3.84. The van der Waals surface area contributed by atoms with Crippen LogP contribution < -0.4 is 5.73 Å². The summed E-state index contributed by atoms with van der Waals surface area (Å²) in [5, 5.41) is 0. The van der Waals surface area contributed by atoms with Gasteiger partial charge in [-0.2, -0.15) is 0 Å².